The molecule has 0 aliphatic heterocycles. The summed E-state index contributed by atoms with van der Waals surface area (Å²) >= 11 is 5.61. The Hall–Kier alpha value is -1.62. The molecule has 0 aliphatic carbocycles. The summed E-state index contributed by atoms with van der Waals surface area (Å²) < 4.78 is 0. The van der Waals surface area contributed by atoms with Gasteiger partial charge in [-0.2, -0.15) is 0 Å². The Morgan fingerprint density at radius 1 is 1.33 bits per heavy atom. The fourth-order valence-corrected chi connectivity index (χ4v) is 1.31. The molecule has 1 rings (SSSR count). The molecule has 0 saturated heterocycles. The number of aromatic nitrogens is 1. The summed E-state index contributed by atoms with van der Waals surface area (Å²) in [4.78, 5) is 27.2. The van der Waals surface area contributed by atoms with Crippen molar-refractivity contribution < 1.29 is 9.59 Å². The van der Waals surface area contributed by atoms with E-state index in [1.165, 1.54) is 0 Å². The molecule has 1 aromatic heterocycles. The minimum Gasteiger partial charge on any atom is -0.343 e. The van der Waals surface area contributed by atoms with Gasteiger partial charge in [0.2, 0.25) is 11.8 Å². The van der Waals surface area contributed by atoms with Gasteiger partial charge in [-0.3, -0.25) is 14.6 Å². The molecule has 0 aliphatic rings. The van der Waals surface area contributed by atoms with Crippen molar-refractivity contribution in [1.82, 2.24) is 10.3 Å². The van der Waals surface area contributed by atoms with Gasteiger partial charge >= 0.3 is 0 Å². The number of aryl methyl sites for hydroxylation is 1. The van der Waals surface area contributed by atoms with E-state index in [2.05, 4.69) is 15.6 Å². The number of hydrogen-bond donors (Lipinski definition) is 2. The molecule has 1 heterocycles. The van der Waals surface area contributed by atoms with Crippen LogP contribution in [0.4, 0.5) is 5.69 Å². The number of rotatable bonds is 4. The van der Waals surface area contributed by atoms with E-state index in [-0.39, 0.29) is 11.8 Å². The van der Waals surface area contributed by atoms with Gasteiger partial charge in [0.05, 0.1) is 11.4 Å². The van der Waals surface area contributed by atoms with E-state index in [1.54, 1.807) is 39.1 Å². The van der Waals surface area contributed by atoms with Crippen LogP contribution in [0.5, 0.6) is 0 Å². The van der Waals surface area contributed by atoms with Crippen LogP contribution in [0.2, 0.25) is 0 Å². The van der Waals surface area contributed by atoms with E-state index in [4.69, 9.17) is 11.6 Å². The summed E-state index contributed by atoms with van der Waals surface area (Å²) in [5.41, 5.74) is 1.35. The number of pyridine rings is 1. The number of amides is 2. The van der Waals surface area contributed by atoms with Crippen LogP contribution < -0.4 is 10.6 Å². The van der Waals surface area contributed by atoms with Crippen molar-refractivity contribution in [3.63, 3.8) is 0 Å². The topological polar surface area (TPSA) is 71.1 Å². The number of hydrogen-bond acceptors (Lipinski definition) is 3. The molecule has 18 heavy (non-hydrogen) atoms. The summed E-state index contributed by atoms with van der Waals surface area (Å²) in [6.45, 7) is 4.94. The molecule has 1 unspecified atom stereocenters. The van der Waals surface area contributed by atoms with Gasteiger partial charge < -0.3 is 10.6 Å². The summed E-state index contributed by atoms with van der Waals surface area (Å²) in [6.07, 6.45) is 1.64. The smallest absolute Gasteiger partial charge is 0.246 e. The van der Waals surface area contributed by atoms with Gasteiger partial charge in [0.1, 0.15) is 11.4 Å². The third-order valence-corrected chi connectivity index (χ3v) is 2.58. The largest absolute Gasteiger partial charge is 0.343 e. The van der Waals surface area contributed by atoms with Crippen LogP contribution in [-0.2, 0) is 9.59 Å². The number of nitrogens with one attached hydrogen (secondary N) is 2. The summed E-state index contributed by atoms with van der Waals surface area (Å²) in [5, 5.41) is 4.54. The maximum Gasteiger partial charge on any atom is 0.246 e. The number of carbonyl (C=O) groups is 2. The van der Waals surface area contributed by atoms with Crippen molar-refractivity contribution in [2.45, 2.75) is 32.2 Å². The van der Waals surface area contributed by atoms with Crippen LogP contribution in [-0.4, -0.2) is 28.2 Å². The van der Waals surface area contributed by atoms with Crippen LogP contribution in [0, 0.1) is 6.92 Å². The van der Waals surface area contributed by atoms with Gasteiger partial charge in [-0.25, -0.2) is 0 Å². The molecule has 98 valence electrons. The Bertz CT molecular complexity index is 449. The zero-order valence-electron chi connectivity index (χ0n) is 10.5. The molecule has 0 bridgehead atoms. The predicted molar refractivity (Wildman–Crippen MR) is 70.5 cm³/mol. The van der Waals surface area contributed by atoms with Crippen LogP contribution in [0.3, 0.4) is 0 Å². The number of anilines is 1. The molecule has 2 amide bonds. The lowest BCUT2D eigenvalue weighted by atomic mass is 10.2. The molecule has 2 atom stereocenters. The lowest BCUT2D eigenvalue weighted by molar-refractivity contribution is -0.125. The van der Waals surface area contributed by atoms with E-state index < -0.39 is 11.4 Å². The van der Waals surface area contributed by atoms with E-state index in [0.717, 1.165) is 5.69 Å². The molecule has 0 aromatic carbocycles. The summed E-state index contributed by atoms with van der Waals surface area (Å²) in [5.74, 6) is -0.681. The third kappa shape index (κ3) is 4.00. The Kier molecular flexibility index (Phi) is 5.09. The highest BCUT2D eigenvalue weighted by Gasteiger charge is 2.18. The van der Waals surface area contributed by atoms with Gasteiger partial charge in [0, 0.05) is 6.20 Å². The Labute approximate surface area is 111 Å². The van der Waals surface area contributed by atoms with Crippen LogP contribution in [0.1, 0.15) is 19.5 Å². The minimum atomic E-state index is -0.666. The number of carbonyl (C=O) groups excluding carboxylic acids is 2. The molecule has 0 saturated carbocycles. The van der Waals surface area contributed by atoms with Gasteiger partial charge in [0.25, 0.3) is 0 Å². The van der Waals surface area contributed by atoms with Crippen molar-refractivity contribution in [3.05, 3.63) is 24.0 Å². The minimum absolute atomic E-state index is 0.309. The number of nitrogens with zero attached hydrogens (tertiary/aromatic N) is 1. The van der Waals surface area contributed by atoms with E-state index >= 15 is 0 Å². The second kappa shape index (κ2) is 6.35. The molecule has 1 aromatic rings. The monoisotopic (exact) mass is 269 g/mol. The second-order valence-electron chi connectivity index (χ2n) is 3.97. The molecule has 0 fully saturated rings. The van der Waals surface area contributed by atoms with Gasteiger partial charge in [-0.05, 0) is 32.9 Å². The lowest BCUT2D eigenvalue weighted by Crippen LogP contribution is -2.44. The molecular formula is C12H16ClN3O2. The molecule has 0 radical (unpaired) electrons. The first-order valence-corrected chi connectivity index (χ1v) is 6.02. The second-order valence-corrected chi connectivity index (χ2v) is 4.63. The maximum absolute atomic E-state index is 11.8. The zero-order valence-corrected chi connectivity index (χ0v) is 11.3. The number of alkyl halides is 1. The maximum atomic E-state index is 11.8. The first-order valence-electron chi connectivity index (χ1n) is 5.58. The van der Waals surface area contributed by atoms with Crippen molar-refractivity contribution in [3.8, 4) is 0 Å². The Balaban J connectivity index is 2.61. The average molecular weight is 270 g/mol. The van der Waals surface area contributed by atoms with E-state index in [1.807, 2.05) is 0 Å². The van der Waals surface area contributed by atoms with Crippen molar-refractivity contribution in [2.24, 2.45) is 0 Å². The van der Waals surface area contributed by atoms with Crippen LogP contribution in [0.15, 0.2) is 18.3 Å². The van der Waals surface area contributed by atoms with Crippen LogP contribution in [0.25, 0.3) is 0 Å². The fourth-order valence-electron chi connectivity index (χ4n) is 1.25. The predicted octanol–water partition coefficient (Wildman–Crippen LogP) is 1.46. The fraction of sp³-hybridized carbons (Fsp3) is 0.417. The summed E-state index contributed by atoms with van der Waals surface area (Å²) in [7, 11) is 0. The first kappa shape index (κ1) is 14.4. The van der Waals surface area contributed by atoms with E-state index in [9.17, 15) is 9.59 Å². The summed E-state index contributed by atoms with van der Waals surface area (Å²) in [6, 6.07) is 2.82. The van der Waals surface area contributed by atoms with Gasteiger partial charge in [-0.15, -0.1) is 11.6 Å². The highest BCUT2D eigenvalue weighted by atomic mass is 35.5. The molecule has 0 spiro atoms. The first-order chi connectivity index (χ1) is 8.41. The molecular weight excluding hydrogens is 254 g/mol. The quantitative estimate of drug-likeness (QED) is 0.813. The highest BCUT2D eigenvalue weighted by molar-refractivity contribution is 6.30. The zero-order chi connectivity index (χ0) is 13.7. The molecule has 5 nitrogen and oxygen atoms in total. The Morgan fingerprint density at radius 3 is 2.56 bits per heavy atom. The van der Waals surface area contributed by atoms with Crippen molar-refractivity contribution in [2.75, 3.05) is 5.32 Å². The lowest BCUT2D eigenvalue weighted by Gasteiger charge is -2.15. The van der Waals surface area contributed by atoms with Crippen molar-refractivity contribution in [1.29, 1.82) is 0 Å². The SMILES string of the molecule is Cc1ncccc1NC(=O)[C@H](C)NC(=O)C(C)Cl. The van der Waals surface area contributed by atoms with Gasteiger partial charge in [0.15, 0.2) is 0 Å². The number of halogens is 1. The average Bonchev–Trinajstić information content (AvgIpc) is 2.31. The normalized spacial score (nSPS) is 13.6. The van der Waals surface area contributed by atoms with Gasteiger partial charge in [-0.1, -0.05) is 0 Å². The van der Waals surface area contributed by atoms with Crippen molar-refractivity contribution >= 4 is 29.1 Å². The van der Waals surface area contributed by atoms with Crippen LogP contribution >= 0.6 is 11.6 Å². The Morgan fingerprint density at radius 2 is 2.00 bits per heavy atom. The third-order valence-electron chi connectivity index (χ3n) is 2.38. The standard InChI is InChI=1S/C12H16ClN3O2/c1-7(13)11(17)15-9(3)12(18)16-10-5-4-6-14-8(10)2/h4-7,9H,1-3H3,(H,15,17)(H,16,18)/t7?,9-/m0/s1. The highest BCUT2D eigenvalue weighted by Crippen LogP contribution is 2.10. The van der Waals surface area contributed by atoms with E-state index in [0.29, 0.717) is 5.69 Å². The molecule has 2 N–H and O–H groups in total. The molecule has 6 heteroatoms.